The number of carbonyl (C=O) groups excluding carboxylic acids is 1. The highest BCUT2D eigenvalue weighted by atomic mass is 16.5. The SMILES string of the molecule is CC(C)Oc1c(N(C)CC2CCC(C(N)=O)CC2)c(=O)c1=O. The molecule has 2 rings (SSSR count). The van der Waals surface area contributed by atoms with Gasteiger partial charge in [0.15, 0.2) is 5.75 Å². The molecule has 6 nitrogen and oxygen atoms in total. The van der Waals surface area contributed by atoms with Crippen LogP contribution in [0.15, 0.2) is 9.59 Å². The van der Waals surface area contributed by atoms with E-state index < -0.39 is 10.9 Å². The Morgan fingerprint density at radius 3 is 2.32 bits per heavy atom. The van der Waals surface area contributed by atoms with E-state index in [-0.39, 0.29) is 23.7 Å². The maximum absolute atomic E-state index is 11.8. The molecule has 1 aliphatic rings. The first-order valence-corrected chi connectivity index (χ1v) is 7.81. The second kappa shape index (κ2) is 6.50. The quantitative estimate of drug-likeness (QED) is 0.785. The molecule has 0 spiro atoms. The number of carbonyl (C=O) groups is 1. The molecule has 0 atom stereocenters. The number of hydrogen-bond donors (Lipinski definition) is 1. The Kier molecular flexibility index (Phi) is 4.88. The van der Waals surface area contributed by atoms with Crippen LogP contribution < -0.4 is 26.2 Å². The van der Waals surface area contributed by atoms with Crippen LogP contribution in [0.2, 0.25) is 0 Å². The first-order valence-electron chi connectivity index (χ1n) is 7.81. The molecule has 1 saturated carbocycles. The average molecular weight is 308 g/mol. The number of primary amides is 1. The third kappa shape index (κ3) is 3.31. The van der Waals surface area contributed by atoms with Crippen molar-refractivity contribution in [3.63, 3.8) is 0 Å². The third-order valence-electron chi connectivity index (χ3n) is 4.36. The summed E-state index contributed by atoms with van der Waals surface area (Å²) in [4.78, 5) is 36.4. The Labute approximate surface area is 129 Å². The zero-order valence-electron chi connectivity index (χ0n) is 13.4. The van der Waals surface area contributed by atoms with Crippen molar-refractivity contribution in [3.05, 3.63) is 20.4 Å². The minimum atomic E-state index is -0.534. The highest BCUT2D eigenvalue weighted by Gasteiger charge is 2.30. The Balaban J connectivity index is 1.98. The molecule has 122 valence electrons. The molecule has 22 heavy (non-hydrogen) atoms. The van der Waals surface area contributed by atoms with E-state index in [1.165, 1.54) is 0 Å². The van der Waals surface area contributed by atoms with Crippen molar-refractivity contribution >= 4 is 11.6 Å². The van der Waals surface area contributed by atoms with Crippen LogP contribution in [0.1, 0.15) is 39.5 Å². The van der Waals surface area contributed by atoms with E-state index in [0.717, 1.165) is 25.7 Å². The Bertz CT molecular complexity index is 608. The lowest BCUT2D eigenvalue weighted by Crippen LogP contribution is -2.42. The maximum Gasteiger partial charge on any atom is 0.272 e. The monoisotopic (exact) mass is 308 g/mol. The lowest BCUT2D eigenvalue weighted by atomic mass is 9.81. The molecular weight excluding hydrogens is 284 g/mol. The van der Waals surface area contributed by atoms with Gasteiger partial charge in [0.05, 0.1) is 6.10 Å². The van der Waals surface area contributed by atoms with Crippen LogP contribution in [0.3, 0.4) is 0 Å². The van der Waals surface area contributed by atoms with E-state index in [0.29, 0.717) is 18.2 Å². The van der Waals surface area contributed by atoms with Crippen LogP contribution in [0.4, 0.5) is 5.69 Å². The summed E-state index contributed by atoms with van der Waals surface area (Å²) >= 11 is 0. The second-order valence-electron chi connectivity index (χ2n) is 6.50. The van der Waals surface area contributed by atoms with Crippen LogP contribution in [0.5, 0.6) is 5.75 Å². The number of amides is 1. The molecule has 0 aromatic heterocycles. The van der Waals surface area contributed by atoms with Gasteiger partial charge in [0.25, 0.3) is 10.9 Å². The molecule has 0 aliphatic heterocycles. The van der Waals surface area contributed by atoms with Crippen molar-refractivity contribution in [2.75, 3.05) is 18.5 Å². The van der Waals surface area contributed by atoms with Gasteiger partial charge in [-0.1, -0.05) is 0 Å². The van der Waals surface area contributed by atoms with E-state index in [9.17, 15) is 14.4 Å². The molecule has 2 N–H and O–H groups in total. The number of nitrogens with two attached hydrogens (primary N) is 1. The zero-order valence-corrected chi connectivity index (χ0v) is 13.4. The van der Waals surface area contributed by atoms with Crippen LogP contribution in [-0.2, 0) is 4.79 Å². The molecule has 0 unspecified atom stereocenters. The molecule has 1 aromatic carbocycles. The summed E-state index contributed by atoms with van der Waals surface area (Å²) in [6, 6.07) is 0. The molecule has 0 heterocycles. The van der Waals surface area contributed by atoms with Crippen molar-refractivity contribution in [1.82, 2.24) is 0 Å². The van der Waals surface area contributed by atoms with Gasteiger partial charge >= 0.3 is 0 Å². The molecular formula is C16H24N2O4. The summed E-state index contributed by atoms with van der Waals surface area (Å²) in [5.74, 6) is 0.347. The van der Waals surface area contributed by atoms with Crippen molar-refractivity contribution in [1.29, 1.82) is 0 Å². The Hall–Kier alpha value is -1.85. The van der Waals surface area contributed by atoms with Crippen LogP contribution >= 0.6 is 0 Å². The third-order valence-corrected chi connectivity index (χ3v) is 4.36. The lowest BCUT2D eigenvalue weighted by molar-refractivity contribution is -0.122. The van der Waals surface area contributed by atoms with Crippen molar-refractivity contribution in [2.24, 2.45) is 17.6 Å². The number of nitrogens with zero attached hydrogens (tertiary/aromatic N) is 1. The highest BCUT2D eigenvalue weighted by molar-refractivity contribution is 5.76. The topological polar surface area (TPSA) is 89.7 Å². The normalized spacial score (nSPS) is 22.0. The largest absolute Gasteiger partial charge is 0.485 e. The summed E-state index contributed by atoms with van der Waals surface area (Å²) in [6.45, 7) is 4.34. The highest BCUT2D eigenvalue weighted by Crippen LogP contribution is 2.31. The second-order valence-corrected chi connectivity index (χ2v) is 6.50. The van der Waals surface area contributed by atoms with Gasteiger partial charge in [0.1, 0.15) is 5.69 Å². The van der Waals surface area contributed by atoms with Crippen molar-refractivity contribution < 1.29 is 9.53 Å². The minimum absolute atomic E-state index is 0.0208. The molecule has 1 aliphatic carbocycles. The van der Waals surface area contributed by atoms with Gasteiger partial charge in [0.2, 0.25) is 5.91 Å². The Morgan fingerprint density at radius 2 is 1.82 bits per heavy atom. The molecule has 0 saturated heterocycles. The first-order chi connectivity index (χ1) is 10.3. The molecule has 6 heteroatoms. The minimum Gasteiger partial charge on any atom is -0.485 e. The number of ether oxygens (including phenoxy) is 1. The molecule has 1 amide bonds. The van der Waals surface area contributed by atoms with Crippen LogP contribution in [-0.4, -0.2) is 25.6 Å². The first kappa shape index (κ1) is 16.5. The Morgan fingerprint density at radius 1 is 1.23 bits per heavy atom. The number of hydrogen-bond acceptors (Lipinski definition) is 5. The van der Waals surface area contributed by atoms with E-state index >= 15 is 0 Å². The van der Waals surface area contributed by atoms with Gasteiger partial charge in [-0.3, -0.25) is 14.4 Å². The zero-order chi connectivity index (χ0) is 16.4. The fourth-order valence-electron chi connectivity index (χ4n) is 3.16. The summed E-state index contributed by atoms with van der Waals surface area (Å²) in [6.07, 6.45) is 3.28. The summed E-state index contributed by atoms with van der Waals surface area (Å²) in [5.41, 5.74) is 4.72. The van der Waals surface area contributed by atoms with Crippen LogP contribution in [0, 0.1) is 11.8 Å². The fraction of sp³-hybridized carbons (Fsp3) is 0.688. The van der Waals surface area contributed by atoms with E-state index in [1.54, 1.807) is 0 Å². The number of rotatable bonds is 6. The van der Waals surface area contributed by atoms with E-state index in [4.69, 9.17) is 10.5 Å². The van der Waals surface area contributed by atoms with Gasteiger partial charge in [-0.2, -0.15) is 0 Å². The summed E-state index contributed by atoms with van der Waals surface area (Å²) in [7, 11) is 1.81. The standard InChI is InChI=1S/C16H24N2O4/c1-9(2)22-15-12(13(19)14(15)20)18(3)8-10-4-6-11(7-5-10)16(17)21/h9-11H,4-8H2,1-3H3,(H2,17,21). The van der Waals surface area contributed by atoms with E-state index in [1.807, 2.05) is 25.8 Å². The smallest absolute Gasteiger partial charge is 0.272 e. The average Bonchev–Trinajstić information content (AvgIpc) is 2.46. The van der Waals surface area contributed by atoms with Gasteiger partial charge in [-0.25, -0.2) is 0 Å². The van der Waals surface area contributed by atoms with Crippen LogP contribution in [0.25, 0.3) is 0 Å². The predicted octanol–water partition coefficient (Wildman–Crippen LogP) is 0.798. The lowest BCUT2D eigenvalue weighted by Gasteiger charge is -2.31. The molecule has 1 fully saturated rings. The van der Waals surface area contributed by atoms with Gasteiger partial charge < -0.3 is 15.4 Å². The van der Waals surface area contributed by atoms with Gasteiger partial charge in [-0.05, 0) is 45.4 Å². The number of anilines is 1. The maximum atomic E-state index is 11.8. The van der Waals surface area contributed by atoms with Crippen molar-refractivity contribution in [2.45, 2.75) is 45.6 Å². The predicted molar refractivity (Wildman–Crippen MR) is 85.0 cm³/mol. The molecule has 0 radical (unpaired) electrons. The van der Waals surface area contributed by atoms with Crippen molar-refractivity contribution in [3.8, 4) is 5.75 Å². The molecule has 0 bridgehead atoms. The van der Waals surface area contributed by atoms with E-state index in [2.05, 4.69) is 0 Å². The fourth-order valence-corrected chi connectivity index (χ4v) is 3.16. The summed E-state index contributed by atoms with van der Waals surface area (Å²) < 4.78 is 5.45. The van der Waals surface area contributed by atoms with Gasteiger partial charge in [-0.15, -0.1) is 0 Å². The molecule has 1 aromatic rings. The summed E-state index contributed by atoms with van der Waals surface area (Å²) in [5, 5.41) is 0. The van der Waals surface area contributed by atoms with Gasteiger partial charge in [0, 0.05) is 19.5 Å².